The zero-order valence-corrected chi connectivity index (χ0v) is 8.60. The van der Waals surface area contributed by atoms with Crippen LogP contribution in [0.25, 0.3) is 0 Å². The van der Waals surface area contributed by atoms with Gasteiger partial charge in [-0.25, -0.2) is 0 Å². The predicted octanol–water partition coefficient (Wildman–Crippen LogP) is 3.97. The van der Waals surface area contributed by atoms with Crippen LogP contribution < -0.4 is 0 Å². The fraction of sp³-hybridized carbons (Fsp3) is 0.455. The maximum atomic E-state index is 2.25. The lowest BCUT2D eigenvalue weighted by Crippen LogP contribution is -1.96. The third-order valence-electron chi connectivity index (χ3n) is 1.96. The Kier molecular flexibility index (Phi) is 4.23. The molecule has 12 heavy (non-hydrogen) atoms. The van der Waals surface area contributed by atoms with Crippen LogP contribution in [0.3, 0.4) is 0 Å². The maximum absolute atomic E-state index is 2.25. The second-order valence-electron chi connectivity index (χ2n) is 2.87. The normalized spacial score (nSPS) is 10.6. The van der Waals surface area contributed by atoms with Crippen molar-refractivity contribution in [2.45, 2.75) is 36.8 Å². The number of hydrogen-bond acceptors (Lipinski definition) is 1. The molecule has 1 aromatic carbocycles. The molecule has 1 heteroatoms. The standard InChI is InChI=1S/C11H16S/c1-3-10(4-2)12-11-8-6-5-7-9-11/h5-10H,3-4H2,1-2H3. The molecule has 0 bridgehead atoms. The molecule has 0 aromatic heterocycles. The molecular weight excluding hydrogens is 164 g/mol. The SMILES string of the molecule is CCC(CC)Sc1ccccc1. The topological polar surface area (TPSA) is 0 Å². The Morgan fingerprint density at radius 2 is 1.67 bits per heavy atom. The van der Waals surface area contributed by atoms with Gasteiger partial charge in [-0.2, -0.15) is 0 Å². The highest BCUT2D eigenvalue weighted by Crippen LogP contribution is 2.26. The summed E-state index contributed by atoms with van der Waals surface area (Å²) in [5.41, 5.74) is 0. The van der Waals surface area contributed by atoms with E-state index in [2.05, 4.69) is 44.2 Å². The quantitative estimate of drug-likeness (QED) is 0.632. The Morgan fingerprint density at radius 3 is 2.17 bits per heavy atom. The molecule has 0 amide bonds. The molecule has 0 aliphatic heterocycles. The summed E-state index contributed by atoms with van der Waals surface area (Å²) >= 11 is 1.99. The fourth-order valence-electron chi connectivity index (χ4n) is 1.15. The Labute approximate surface area is 79.4 Å². The van der Waals surface area contributed by atoms with Gasteiger partial charge in [0, 0.05) is 10.1 Å². The van der Waals surface area contributed by atoms with Gasteiger partial charge in [-0.3, -0.25) is 0 Å². The largest absolute Gasteiger partial charge is 0.123 e. The minimum absolute atomic E-state index is 0.785. The number of rotatable bonds is 4. The van der Waals surface area contributed by atoms with Gasteiger partial charge in [-0.1, -0.05) is 32.0 Å². The van der Waals surface area contributed by atoms with Crippen molar-refractivity contribution in [1.29, 1.82) is 0 Å². The van der Waals surface area contributed by atoms with Crippen molar-refractivity contribution in [3.8, 4) is 0 Å². The average Bonchev–Trinajstić information content (AvgIpc) is 2.16. The zero-order valence-electron chi connectivity index (χ0n) is 7.79. The van der Waals surface area contributed by atoms with Crippen LogP contribution in [-0.4, -0.2) is 5.25 Å². The van der Waals surface area contributed by atoms with Crippen LogP contribution in [-0.2, 0) is 0 Å². The summed E-state index contributed by atoms with van der Waals surface area (Å²) in [5, 5.41) is 0.785. The molecule has 1 aromatic rings. The van der Waals surface area contributed by atoms with E-state index >= 15 is 0 Å². The van der Waals surface area contributed by atoms with Crippen LogP contribution in [0.1, 0.15) is 26.7 Å². The van der Waals surface area contributed by atoms with Crippen molar-refractivity contribution in [2.24, 2.45) is 0 Å². The van der Waals surface area contributed by atoms with E-state index in [-0.39, 0.29) is 0 Å². The minimum Gasteiger partial charge on any atom is -0.123 e. The summed E-state index contributed by atoms with van der Waals surface area (Å²) in [4.78, 5) is 1.39. The van der Waals surface area contributed by atoms with E-state index in [1.54, 1.807) is 0 Å². The lowest BCUT2D eigenvalue weighted by atomic mass is 10.3. The van der Waals surface area contributed by atoms with Crippen LogP contribution >= 0.6 is 11.8 Å². The molecule has 0 unspecified atom stereocenters. The molecule has 0 fully saturated rings. The Hall–Kier alpha value is -0.430. The van der Waals surface area contributed by atoms with Crippen LogP contribution in [0.5, 0.6) is 0 Å². The summed E-state index contributed by atoms with van der Waals surface area (Å²) in [7, 11) is 0. The van der Waals surface area contributed by atoms with Crippen molar-refractivity contribution in [3.05, 3.63) is 30.3 Å². The molecule has 0 saturated carbocycles. The van der Waals surface area contributed by atoms with E-state index in [0.717, 1.165) is 5.25 Å². The Bertz CT molecular complexity index is 202. The first kappa shape index (κ1) is 9.66. The van der Waals surface area contributed by atoms with Gasteiger partial charge in [0.2, 0.25) is 0 Å². The van der Waals surface area contributed by atoms with Gasteiger partial charge >= 0.3 is 0 Å². The summed E-state index contributed by atoms with van der Waals surface area (Å²) in [5.74, 6) is 0. The average molecular weight is 180 g/mol. The number of benzene rings is 1. The van der Waals surface area contributed by atoms with Crippen molar-refractivity contribution in [1.82, 2.24) is 0 Å². The van der Waals surface area contributed by atoms with Gasteiger partial charge < -0.3 is 0 Å². The van der Waals surface area contributed by atoms with Crippen LogP contribution in [0.4, 0.5) is 0 Å². The van der Waals surface area contributed by atoms with Gasteiger partial charge in [0.15, 0.2) is 0 Å². The molecule has 66 valence electrons. The van der Waals surface area contributed by atoms with E-state index in [4.69, 9.17) is 0 Å². The summed E-state index contributed by atoms with van der Waals surface area (Å²) in [6.45, 7) is 4.51. The molecule has 1 rings (SSSR count). The monoisotopic (exact) mass is 180 g/mol. The van der Waals surface area contributed by atoms with Gasteiger partial charge in [0.1, 0.15) is 0 Å². The summed E-state index contributed by atoms with van der Waals surface area (Å²) in [6, 6.07) is 10.6. The van der Waals surface area contributed by atoms with Gasteiger partial charge in [-0.15, -0.1) is 11.8 Å². The van der Waals surface area contributed by atoms with E-state index in [9.17, 15) is 0 Å². The molecule has 0 heterocycles. The number of hydrogen-bond donors (Lipinski definition) is 0. The van der Waals surface area contributed by atoms with Crippen molar-refractivity contribution < 1.29 is 0 Å². The lowest BCUT2D eigenvalue weighted by Gasteiger charge is -2.10. The first-order valence-electron chi connectivity index (χ1n) is 4.58. The van der Waals surface area contributed by atoms with E-state index in [1.807, 2.05) is 11.8 Å². The molecule has 0 N–H and O–H groups in total. The Balaban J connectivity index is 2.51. The van der Waals surface area contributed by atoms with E-state index in [1.165, 1.54) is 17.7 Å². The summed E-state index contributed by atoms with van der Waals surface area (Å²) < 4.78 is 0. The predicted molar refractivity (Wildman–Crippen MR) is 56.7 cm³/mol. The smallest absolute Gasteiger partial charge is 0.00891 e. The maximum Gasteiger partial charge on any atom is 0.00891 e. The molecular formula is C11H16S. The number of thioether (sulfide) groups is 1. The van der Waals surface area contributed by atoms with Crippen molar-refractivity contribution in [3.63, 3.8) is 0 Å². The van der Waals surface area contributed by atoms with Crippen molar-refractivity contribution >= 4 is 11.8 Å². The second kappa shape index (κ2) is 5.26. The second-order valence-corrected chi connectivity index (χ2v) is 4.24. The molecule has 0 radical (unpaired) electrons. The third kappa shape index (κ3) is 2.90. The van der Waals surface area contributed by atoms with E-state index in [0.29, 0.717) is 0 Å². The van der Waals surface area contributed by atoms with Crippen LogP contribution in [0, 0.1) is 0 Å². The zero-order chi connectivity index (χ0) is 8.81. The summed E-state index contributed by atoms with van der Waals surface area (Å²) in [6.07, 6.45) is 2.52. The molecule has 0 nitrogen and oxygen atoms in total. The van der Waals surface area contributed by atoms with Crippen LogP contribution in [0.2, 0.25) is 0 Å². The highest BCUT2D eigenvalue weighted by Gasteiger charge is 2.03. The van der Waals surface area contributed by atoms with Crippen molar-refractivity contribution in [2.75, 3.05) is 0 Å². The fourth-order valence-corrected chi connectivity index (χ4v) is 2.18. The molecule has 0 atom stereocenters. The van der Waals surface area contributed by atoms with Crippen LogP contribution in [0.15, 0.2) is 35.2 Å². The molecule has 0 aliphatic carbocycles. The molecule has 0 spiro atoms. The lowest BCUT2D eigenvalue weighted by molar-refractivity contribution is 0.792. The highest BCUT2D eigenvalue weighted by molar-refractivity contribution is 8.00. The third-order valence-corrected chi connectivity index (χ3v) is 3.50. The minimum atomic E-state index is 0.785. The van der Waals surface area contributed by atoms with Gasteiger partial charge in [-0.05, 0) is 25.0 Å². The molecule has 0 aliphatic rings. The molecule has 0 saturated heterocycles. The van der Waals surface area contributed by atoms with Gasteiger partial charge in [0.05, 0.1) is 0 Å². The first-order chi connectivity index (χ1) is 5.86. The van der Waals surface area contributed by atoms with Gasteiger partial charge in [0.25, 0.3) is 0 Å². The first-order valence-corrected chi connectivity index (χ1v) is 5.46. The van der Waals surface area contributed by atoms with E-state index < -0.39 is 0 Å². The Morgan fingerprint density at radius 1 is 1.08 bits per heavy atom. The highest BCUT2D eigenvalue weighted by atomic mass is 32.2.